The molecule has 0 spiro atoms. The van der Waals surface area contributed by atoms with Gasteiger partial charge in [0.1, 0.15) is 0 Å². The number of thiazole rings is 1. The number of nitrogens with two attached hydrogens (primary N) is 1. The Kier molecular flexibility index (Phi) is 4.08. The molecule has 1 aromatic heterocycles. The van der Waals surface area contributed by atoms with E-state index in [9.17, 15) is 0 Å². The molecular weight excluding hydrogens is 216 g/mol. The minimum absolute atomic E-state index is 0.461. The summed E-state index contributed by atoms with van der Waals surface area (Å²) in [5, 5.41) is 0. The van der Waals surface area contributed by atoms with Gasteiger partial charge in [0.2, 0.25) is 0 Å². The highest BCUT2D eigenvalue weighted by Crippen LogP contribution is 2.21. The van der Waals surface area contributed by atoms with Crippen molar-refractivity contribution in [1.29, 1.82) is 0 Å². The van der Waals surface area contributed by atoms with Crippen LogP contribution in [0.1, 0.15) is 22.8 Å². The van der Waals surface area contributed by atoms with E-state index in [1.807, 2.05) is 17.8 Å². The smallest absolute Gasteiger partial charge is 0.0794 e. The van der Waals surface area contributed by atoms with Crippen LogP contribution in [-0.4, -0.2) is 11.5 Å². The van der Waals surface area contributed by atoms with Crippen molar-refractivity contribution in [3.8, 4) is 0 Å². The lowest BCUT2D eigenvalue weighted by Crippen LogP contribution is -2.13. The maximum absolute atomic E-state index is 5.83. The van der Waals surface area contributed by atoms with Crippen molar-refractivity contribution in [2.45, 2.75) is 18.8 Å². The van der Waals surface area contributed by atoms with Crippen molar-refractivity contribution in [3.05, 3.63) is 52.5 Å². The molecular formula is C13H16N2S. The summed E-state index contributed by atoms with van der Waals surface area (Å²) < 4.78 is 0. The molecule has 0 saturated heterocycles. The minimum atomic E-state index is 0.461. The SMILES string of the molecule is NCC(CCc1cncs1)c1ccccc1. The van der Waals surface area contributed by atoms with Crippen molar-refractivity contribution < 1.29 is 0 Å². The second-order valence-electron chi connectivity index (χ2n) is 3.85. The molecule has 3 heteroatoms. The lowest BCUT2D eigenvalue weighted by atomic mass is 9.94. The van der Waals surface area contributed by atoms with Crippen LogP contribution in [0.5, 0.6) is 0 Å². The lowest BCUT2D eigenvalue weighted by molar-refractivity contribution is 0.637. The maximum Gasteiger partial charge on any atom is 0.0794 e. The summed E-state index contributed by atoms with van der Waals surface area (Å²) in [4.78, 5) is 5.43. The van der Waals surface area contributed by atoms with Gasteiger partial charge in [0, 0.05) is 11.1 Å². The Bertz CT molecular complexity index is 397. The Morgan fingerprint density at radius 3 is 2.69 bits per heavy atom. The van der Waals surface area contributed by atoms with Crippen LogP contribution in [0.15, 0.2) is 42.0 Å². The van der Waals surface area contributed by atoms with Crippen LogP contribution in [0.2, 0.25) is 0 Å². The molecule has 0 aliphatic carbocycles. The zero-order valence-corrected chi connectivity index (χ0v) is 9.99. The molecule has 84 valence electrons. The van der Waals surface area contributed by atoms with E-state index in [0.29, 0.717) is 12.5 Å². The Morgan fingerprint density at radius 1 is 1.25 bits per heavy atom. The van der Waals surface area contributed by atoms with Crippen LogP contribution in [0.25, 0.3) is 0 Å². The summed E-state index contributed by atoms with van der Waals surface area (Å²) in [5.74, 6) is 0.461. The second kappa shape index (κ2) is 5.77. The van der Waals surface area contributed by atoms with Gasteiger partial charge in [0.05, 0.1) is 5.51 Å². The van der Waals surface area contributed by atoms with Gasteiger partial charge >= 0.3 is 0 Å². The van der Waals surface area contributed by atoms with Gasteiger partial charge in [0.25, 0.3) is 0 Å². The number of hydrogen-bond donors (Lipinski definition) is 1. The molecule has 0 radical (unpaired) electrons. The molecule has 2 rings (SSSR count). The number of aromatic nitrogens is 1. The highest BCUT2D eigenvalue weighted by Gasteiger charge is 2.09. The average Bonchev–Trinajstić information content (AvgIpc) is 2.84. The molecule has 0 fully saturated rings. The molecule has 1 atom stereocenters. The Hall–Kier alpha value is -1.19. The van der Waals surface area contributed by atoms with Crippen LogP contribution < -0.4 is 5.73 Å². The molecule has 2 N–H and O–H groups in total. The van der Waals surface area contributed by atoms with Gasteiger partial charge in [-0.15, -0.1) is 11.3 Å². The molecule has 1 aromatic carbocycles. The van der Waals surface area contributed by atoms with E-state index in [0.717, 1.165) is 12.8 Å². The van der Waals surface area contributed by atoms with E-state index in [2.05, 4.69) is 29.2 Å². The Balaban J connectivity index is 1.96. The molecule has 0 saturated carbocycles. The van der Waals surface area contributed by atoms with Gasteiger partial charge in [-0.3, -0.25) is 4.98 Å². The van der Waals surface area contributed by atoms with Crippen LogP contribution in [0, 0.1) is 0 Å². The fourth-order valence-electron chi connectivity index (χ4n) is 1.83. The fraction of sp³-hybridized carbons (Fsp3) is 0.308. The molecule has 16 heavy (non-hydrogen) atoms. The van der Waals surface area contributed by atoms with Gasteiger partial charge < -0.3 is 5.73 Å². The molecule has 0 amide bonds. The Labute approximate surface area is 100 Å². The zero-order chi connectivity index (χ0) is 11.2. The first-order valence-electron chi connectivity index (χ1n) is 5.52. The molecule has 0 aliphatic rings. The van der Waals surface area contributed by atoms with E-state index in [4.69, 9.17) is 5.73 Å². The number of hydrogen-bond acceptors (Lipinski definition) is 3. The Morgan fingerprint density at radius 2 is 2.06 bits per heavy atom. The largest absolute Gasteiger partial charge is 0.330 e. The first kappa shape index (κ1) is 11.3. The van der Waals surface area contributed by atoms with Crippen LogP contribution in [0.3, 0.4) is 0 Å². The monoisotopic (exact) mass is 232 g/mol. The third-order valence-corrected chi connectivity index (χ3v) is 3.62. The van der Waals surface area contributed by atoms with E-state index in [-0.39, 0.29) is 0 Å². The normalized spacial score (nSPS) is 12.6. The van der Waals surface area contributed by atoms with E-state index < -0.39 is 0 Å². The quantitative estimate of drug-likeness (QED) is 0.861. The predicted molar refractivity (Wildman–Crippen MR) is 68.7 cm³/mol. The van der Waals surface area contributed by atoms with Crippen LogP contribution >= 0.6 is 11.3 Å². The lowest BCUT2D eigenvalue weighted by Gasteiger charge is -2.14. The topological polar surface area (TPSA) is 38.9 Å². The van der Waals surface area contributed by atoms with Crippen molar-refractivity contribution in [3.63, 3.8) is 0 Å². The van der Waals surface area contributed by atoms with Gasteiger partial charge in [-0.2, -0.15) is 0 Å². The molecule has 2 aromatic rings. The summed E-state index contributed by atoms with van der Waals surface area (Å²) in [6.07, 6.45) is 4.12. The number of nitrogens with zero attached hydrogens (tertiary/aromatic N) is 1. The van der Waals surface area contributed by atoms with Crippen molar-refractivity contribution >= 4 is 11.3 Å². The molecule has 0 bridgehead atoms. The van der Waals surface area contributed by atoms with E-state index in [1.165, 1.54) is 10.4 Å². The highest BCUT2D eigenvalue weighted by molar-refractivity contribution is 7.09. The summed E-state index contributed by atoms with van der Waals surface area (Å²) in [5.41, 5.74) is 9.06. The maximum atomic E-state index is 5.83. The van der Waals surface area contributed by atoms with Crippen LogP contribution in [-0.2, 0) is 6.42 Å². The third-order valence-electron chi connectivity index (χ3n) is 2.78. The second-order valence-corrected chi connectivity index (χ2v) is 4.82. The summed E-state index contributed by atoms with van der Waals surface area (Å²) in [6.45, 7) is 0.711. The van der Waals surface area contributed by atoms with Gasteiger partial charge in [-0.1, -0.05) is 30.3 Å². The number of aryl methyl sites for hydroxylation is 1. The first-order valence-corrected chi connectivity index (χ1v) is 6.40. The third kappa shape index (κ3) is 2.90. The molecule has 0 aliphatic heterocycles. The fourth-order valence-corrected chi connectivity index (χ4v) is 2.44. The molecule has 2 nitrogen and oxygen atoms in total. The highest BCUT2D eigenvalue weighted by atomic mass is 32.1. The van der Waals surface area contributed by atoms with Gasteiger partial charge in [-0.05, 0) is 30.9 Å². The summed E-state index contributed by atoms with van der Waals surface area (Å²) in [6, 6.07) is 10.5. The average molecular weight is 232 g/mol. The molecule has 1 unspecified atom stereocenters. The van der Waals surface area contributed by atoms with E-state index in [1.54, 1.807) is 11.3 Å². The van der Waals surface area contributed by atoms with E-state index >= 15 is 0 Å². The predicted octanol–water partition coefficient (Wildman–Crippen LogP) is 2.82. The first-order chi connectivity index (χ1) is 7.90. The number of rotatable bonds is 5. The standard InChI is InChI=1S/C13H16N2S/c14-8-12(11-4-2-1-3-5-11)6-7-13-9-15-10-16-13/h1-5,9-10,12H,6-8,14H2. The zero-order valence-electron chi connectivity index (χ0n) is 9.17. The molecule has 1 heterocycles. The van der Waals surface area contributed by atoms with Crippen molar-refractivity contribution in [1.82, 2.24) is 4.98 Å². The summed E-state index contributed by atoms with van der Waals surface area (Å²) in [7, 11) is 0. The number of benzene rings is 1. The van der Waals surface area contributed by atoms with Gasteiger partial charge in [-0.25, -0.2) is 0 Å². The van der Waals surface area contributed by atoms with Crippen molar-refractivity contribution in [2.75, 3.05) is 6.54 Å². The van der Waals surface area contributed by atoms with Crippen molar-refractivity contribution in [2.24, 2.45) is 5.73 Å². The van der Waals surface area contributed by atoms with Gasteiger partial charge in [0.15, 0.2) is 0 Å². The summed E-state index contributed by atoms with van der Waals surface area (Å²) >= 11 is 1.72. The van der Waals surface area contributed by atoms with Crippen LogP contribution in [0.4, 0.5) is 0 Å². The minimum Gasteiger partial charge on any atom is -0.330 e.